The standard InChI is InChI=1S/C18H26N2O3/c1-12(2)19-17(22)14-6-7-15(13(3)10-14)20-16(21)11-18(23)8-4-5-9-18/h6-7,10,12,23H,4-5,8-9,11H2,1-3H3,(H,19,22)(H,20,21). The summed E-state index contributed by atoms with van der Waals surface area (Å²) in [4.78, 5) is 24.1. The molecule has 0 atom stereocenters. The van der Waals surface area contributed by atoms with Gasteiger partial charge in [0, 0.05) is 17.3 Å². The first-order valence-electron chi connectivity index (χ1n) is 8.23. The van der Waals surface area contributed by atoms with E-state index in [2.05, 4.69) is 10.6 Å². The zero-order valence-corrected chi connectivity index (χ0v) is 14.1. The van der Waals surface area contributed by atoms with Crippen LogP contribution in [0.1, 0.15) is 61.9 Å². The molecule has 1 aromatic rings. The Labute approximate surface area is 137 Å². The third-order valence-electron chi connectivity index (χ3n) is 4.21. The third-order valence-corrected chi connectivity index (χ3v) is 4.21. The number of carbonyl (C=O) groups excluding carboxylic acids is 2. The van der Waals surface area contributed by atoms with Crippen LogP contribution >= 0.6 is 0 Å². The summed E-state index contributed by atoms with van der Waals surface area (Å²) < 4.78 is 0. The highest BCUT2D eigenvalue weighted by atomic mass is 16.3. The van der Waals surface area contributed by atoms with Crippen molar-refractivity contribution in [2.75, 3.05) is 5.32 Å². The Morgan fingerprint density at radius 1 is 1.26 bits per heavy atom. The molecule has 1 saturated carbocycles. The number of benzene rings is 1. The van der Waals surface area contributed by atoms with Crippen molar-refractivity contribution < 1.29 is 14.7 Å². The van der Waals surface area contributed by atoms with Crippen LogP contribution in [0.15, 0.2) is 18.2 Å². The van der Waals surface area contributed by atoms with Crippen molar-refractivity contribution in [1.29, 1.82) is 0 Å². The number of rotatable bonds is 5. The van der Waals surface area contributed by atoms with Crippen molar-refractivity contribution in [1.82, 2.24) is 5.32 Å². The first-order valence-corrected chi connectivity index (χ1v) is 8.23. The average molecular weight is 318 g/mol. The second-order valence-electron chi connectivity index (χ2n) is 6.81. The van der Waals surface area contributed by atoms with Crippen molar-refractivity contribution in [2.24, 2.45) is 0 Å². The lowest BCUT2D eigenvalue weighted by molar-refractivity contribution is -0.120. The van der Waals surface area contributed by atoms with Gasteiger partial charge >= 0.3 is 0 Å². The summed E-state index contributed by atoms with van der Waals surface area (Å²) in [6.07, 6.45) is 3.45. The molecule has 5 nitrogen and oxygen atoms in total. The highest BCUT2D eigenvalue weighted by molar-refractivity contribution is 5.96. The van der Waals surface area contributed by atoms with Crippen LogP contribution in [0.2, 0.25) is 0 Å². The topological polar surface area (TPSA) is 78.4 Å². The molecular weight excluding hydrogens is 292 g/mol. The SMILES string of the molecule is Cc1cc(C(=O)NC(C)C)ccc1NC(=O)CC1(O)CCCC1. The van der Waals surface area contributed by atoms with E-state index in [1.807, 2.05) is 20.8 Å². The molecule has 0 aliphatic heterocycles. The molecule has 23 heavy (non-hydrogen) atoms. The van der Waals surface area contributed by atoms with Crippen molar-refractivity contribution >= 4 is 17.5 Å². The van der Waals surface area contributed by atoms with E-state index in [1.54, 1.807) is 18.2 Å². The number of amides is 2. The van der Waals surface area contributed by atoms with Gasteiger partial charge < -0.3 is 15.7 Å². The summed E-state index contributed by atoms with van der Waals surface area (Å²) in [5.41, 5.74) is 1.23. The second kappa shape index (κ2) is 7.13. The van der Waals surface area contributed by atoms with Gasteiger partial charge in [0.1, 0.15) is 0 Å². The molecule has 0 radical (unpaired) electrons. The lowest BCUT2D eigenvalue weighted by Gasteiger charge is -2.21. The Morgan fingerprint density at radius 2 is 1.91 bits per heavy atom. The fourth-order valence-corrected chi connectivity index (χ4v) is 2.99. The fraction of sp³-hybridized carbons (Fsp3) is 0.556. The van der Waals surface area contributed by atoms with Gasteiger partial charge in [-0.05, 0) is 57.4 Å². The molecule has 0 bridgehead atoms. The van der Waals surface area contributed by atoms with Crippen LogP contribution in [-0.4, -0.2) is 28.6 Å². The van der Waals surface area contributed by atoms with Crippen LogP contribution < -0.4 is 10.6 Å². The molecule has 2 amide bonds. The van der Waals surface area contributed by atoms with Gasteiger partial charge in [0.2, 0.25) is 5.91 Å². The van der Waals surface area contributed by atoms with Gasteiger partial charge in [0.25, 0.3) is 5.91 Å². The summed E-state index contributed by atoms with van der Waals surface area (Å²) in [5, 5.41) is 16.0. The van der Waals surface area contributed by atoms with Gasteiger partial charge in [-0.1, -0.05) is 12.8 Å². The zero-order valence-electron chi connectivity index (χ0n) is 14.1. The highest BCUT2D eigenvalue weighted by Crippen LogP contribution is 2.32. The Hall–Kier alpha value is -1.88. The summed E-state index contributed by atoms with van der Waals surface area (Å²) in [6, 6.07) is 5.28. The van der Waals surface area contributed by atoms with Gasteiger partial charge in [-0.2, -0.15) is 0 Å². The number of nitrogens with one attached hydrogen (secondary N) is 2. The molecule has 1 aromatic carbocycles. The van der Waals surface area contributed by atoms with Crippen molar-refractivity contribution in [2.45, 2.75) is 64.5 Å². The summed E-state index contributed by atoms with van der Waals surface area (Å²) >= 11 is 0. The number of anilines is 1. The molecule has 0 unspecified atom stereocenters. The fourth-order valence-electron chi connectivity index (χ4n) is 2.99. The minimum absolute atomic E-state index is 0.0781. The molecule has 0 saturated heterocycles. The van der Waals surface area contributed by atoms with Gasteiger partial charge in [0.15, 0.2) is 0 Å². The summed E-state index contributed by atoms with van der Waals surface area (Å²) in [6.45, 7) is 5.67. The van der Waals surface area contributed by atoms with Crippen molar-refractivity contribution in [3.8, 4) is 0 Å². The predicted octanol–water partition coefficient (Wildman–Crippen LogP) is 2.77. The monoisotopic (exact) mass is 318 g/mol. The minimum Gasteiger partial charge on any atom is -0.389 e. The number of carbonyl (C=O) groups is 2. The number of aryl methyl sites for hydroxylation is 1. The van der Waals surface area contributed by atoms with Crippen LogP contribution in [-0.2, 0) is 4.79 Å². The van der Waals surface area contributed by atoms with E-state index in [1.165, 1.54) is 0 Å². The van der Waals surface area contributed by atoms with Crippen LogP contribution in [0, 0.1) is 6.92 Å². The Balaban J connectivity index is 2.00. The lowest BCUT2D eigenvalue weighted by Crippen LogP contribution is -2.31. The largest absolute Gasteiger partial charge is 0.389 e. The molecule has 5 heteroatoms. The molecular formula is C18H26N2O3. The Kier molecular flexibility index (Phi) is 5.42. The van der Waals surface area contributed by atoms with Gasteiger partial charge in [-0.3, -0.25) is 9.59 Å². The molecule has 1 fully saturated rings. The third kappa shape index (κ3) is 4.79. The molecule has 126 valence electrons. The van der Waals surface area contributed by atoms with E-state index in [0.29, 0.717) is 24.1 Å². The first-order chi connectivity index (χ1) is 10.8. The van der Waals surface area contributed by atoms with Crippen LogP contribution in [0.3, 0.4) is 0 Å². The molecule has 0 aromatic heterocycles. The Morgan fingerprint density at radius 3 is 2.48 bits per heavy atom. The molecule has 0 heterocycles. The van der Waals surface area contributed by atoms with E-state index < -0.39 is 5.60 Å². The quantitative estimate of drug-likeness (QED) is 0.781. The van der Waals surface area contributed by atoms with E-state index in [4.69, 9.17) is 0 Å². The molecule has 2 rings (SSSR count). The van der Waals surface area contributed by atoms with Crippen molar-refractivity contribution in [3.05, 3.63) is 29.3 Å². The maximum Gasteiger partial charge on any atom is 0.251 e. The lowest BCUT2D eigenvalue weighted by atomic mass is 9.97. The maximum atomic E-state index is 12.1. The van der Waals surface area contributed by atoms with Gasteiger partial charge in [-0.25, -0.2) is 0 Å². The highest BCUT2D eigenvalue weighted by Gasteiger charge is 2.33. The molecule has 1 aliphatic carbocycles. The van der Waals surface area contributed by atoms with Gasteiger partial charge in [0.05, 0.1) is 12.0 Å². The molecule has 0 spiro atoms. The van der Waals surface area contributed by atoms with E-state index >= 15 is 0 Å². The molecule has 1 aliphatic rings. The van der Waals surface area contributed by atoms with Crippen LogP contribution in [0.25, 0.3) is 0 Å². The van der Waals surface area contributed by atoms with Crippen molar-refractivity contribution in [3.63, 3.8) is 0 Å². The normalized spacial score (nSPS) is 16.4. The predicted molar refractivity (Wildman–Crippen MR) is 90.4 cm³/mol. The minimum atomic E-state index is -0.852. The first kappa shape index (κ1) is 17.5. The number of aliphatic hydroxyl groups is 1. The summed E-state index contributed by atoms with van der Waals surface area (Å²) in [7, 11) is 0. The second-order valence-corrected chi connectivity index (χ2v) is 6.81. The maximum absolute atomic E-state index is 12.1. The average Bonchev–Trinajstić information content (AvgIpc) is 2.86. The van der Waals surface area contributed by atoms with E-state index in [-0.39, 0.29) is 24.3 Å². The Bertz CT molecular complexity index is 590. The zero-order chi connectivity index (χ0) is 17.0. The number of hydrogen-bond donors (Lipinski definition) is 3. The molecule has 3 N–H and O–H groups in total. The van der Waals surface area contributed by atoms with Crippen LogP contribution in [0.5, 0.6) is 0 Å². The number of hydrogen-bond acceptors (Lipinski definition) is 3. The van der Waals surface area contributed by atoms with E-state index in [0.717, 1.165) is 18.4 Å². The van der Waals surface area contributed by atoms with Crippen LogP contribution in [0.4, 0.5) is 5.69 Å². The van der Waals surface area contributed by atoms with Gasteiger partial charge in [-0.15, -0.1) is 0 Å². The summed E-state index contributed by atoms with van der Waals surface area (Å²) in [5.74, 6) is -0.307. The van der Waals surface area contributed by atoms with E-state index in [9.17, 15) is 14.7 Å². The smallest absolute Gasteiger partial charge is 0.251 e.